The predicted molar refractivity (Wildman–Crippen MR) is 60.2 cm³/mol. The van der Waals surface area contributed by atoms with Crippen LogP contribution in [0.25, 0.3) is 6.08 Å². The Bertz CT molecular complexity index is 426. The molecule has 2 bridgehead atoms. The number of nitrogens with zero attached hydrogens (tertiary/aromatic N) is 2. The number of rotatable bonds is 1. The quantitative estimate of drug-likeness (QED) is 0.580. The molecule has 0 saturated carbocycles. The summed E-state index contributed by atoms with van der Waals surface area (Å²) in [4.78, 5) is 2.26. The Balaban J connectivity index is 1.99. The van der Waals surface area contributed by atoms with Crippen molar-refractivity contribution in [2.75, 3.05) is 13.1 Å². The van der Waals surface area contributed by atoms with Crippen LogP contribution in [0, 0.1) is 5.92 Å². The summed E-state index contributed by atoms with van der Waals surface area (Å²) < 4.78 is 5.30. The van der Waals surface area contributed by atoms with E-state index in [2.05, 4.69) is 10.1 Å². The Morgan fingerprint density at radius 2 is 2.25 bits per heavy atom. The lowest BCUT2D eigenvalue weighted by Crippen LogP contribution is -2.46. The van der Waals surface area contributed by atoms with Gasteiger partial charge in [-0.05, 0) is 25.0 Å². The van der Waals surface area contributed by atoms with Gasteiger partial charge in [0.25, 0.3) is 0 Å². The van der Waals surface area contributed by atoms with Crippen LogP contribution in [0.1, 0.15) is 18.6 Å². The molecule has 84 valence electrons. The second-order valence-corrected chi connectivity index (χ2v) is 4.29. The second-order valence-electron chi connectivity index (χ2n) is 4.29. The van der Waals surface area contributed by atoms with Crippen molar-refractivity contribution in [3.05, 3.63) is 29.9 Å². The normalized spacial score (nSPS) is 25.9. The van der Waals surface area contributed by atoms with Crippen LogP contribution < -0.4 is 0 Å². The van der Waals surface area contributed by atoms with Gasteiger partial charge in [0.05, 0.1) is 12.0 Å². The maximum atomic E-state index is 9.10. The van der Waals surface area contributed by atoms with E-state index in [-0.39, 0.29) is 0 Å². The van der Waals surface area contributed by atoms with Gasteiger partial charge in [-0.3, -0.25) is 0 Å². The molecule has 4 nitrogen and oxygen atoms in total. The van der Waals surface area contributed by atoms with E-state index in [1.165, 1.54) is 0 Å². The molecule has 1 aromatic heterocycles. The molecule has 16 heavy (non-hydrogen) atoms. The first kappa shape index (κ1) is 9.51. The second kappa shape index (κ2) is 3.70. The van der Waals surface area contributed by atoms with Crippen LogP contribution in [0.15, 0.2) is 33.7 Å². The summed E-state index contributed by atoms with van der Waals surface area (Å²) in [5.74, 6) is 1.22. The van der Waals surface area contributed by atoms with E-state index in [0.717, 1.165) is 43.1 Å². The molecule has 3 aliphatic rings. The Morgan fingerprint density at radius 1 is 1.44 bits per heavy atom. The van der Waals surface area contributed by atoms with Gasteiger partial charge in [0, 0.05) is 25.1 Å². The highest BCUT2D eigenvalue weighted by molar-refractivity contribution is 6.05. The third kappa shape index (κ3) is 1.41. The van der Waals surface area contributed by atoms with E-state index in [1.807, 2.05) is 18.2 Å². The smallest absolute Gasteiger partial charge is 0.128 e. The lowest BCUT2D eigenvalue weighted by Gasteiger charge is -2.42. The predicted octanol–water partition coefficient (Wildman–Crippen LogP) is 2.18. The first-order chi connectivity index (χ1) is 7.88. The van der Waals surface area contributed by atoms with Crippen LogP contribution >= 0.6 is 0 Å². The van der Waals surface area contributed by atoms with Crippen LogP contribution in [0.2, 0.25) is 0 Å². The number of furan rings is 1. The molecule has 4 heteroatoms. The summed E-state index contributed by atoms with van der Waals surface area (Å²) in [5, 5.41) is 12.6. The summed E-state index contributed by atoms with van der Waals surface area (Å²) in [6, 6.07) is 3.77. The molecule has 0 unspecified atom stereocenters. The minimum absolute atomic E-state index is 0.413. The standard InChI is InChI=1S/C12H14N2O2/c15-13-12-9-3-5-14(6-4-9)11(12)8-10-2-1-7-16-10/h1-2,7-9,15H,3-6H2/b11-8+,13-12?. The van der Waals surface area contributed by atoms with Crippen molar-refractivity contribution in [2.45, 2.75) is 12.8 Å². The molecule has 4 heterocycles. The molecule has 0 aliphatic carbocycles. The van der Waals surface area contributed by atoms with Crippen LogP contribution in [0.3, 0.4) is 0 Å². The highest BCUT2D eigenvalue weighted by Gasteiger charge is 2.35. The zero-order valence-corrected chi connectivity index (χ0v) is 8.97. The van der Waals surface area contributed by atoms with E-state index in [0.29, 0.717) is 5.92 Å². The monoisotopic (exact) mass is 218 g/mol. The largest absolute Gasteiger partial charge is 0.465 e. The van der Waals surface area contributed by atoms with Gasteiger partial charge in [-0.15, -0.1) is 0 Å². The number of allylic oxidation sites excluding steroid dienone is 1. The Hall–Kier alpha value is -1.71. The molecule has 0 spiro atoms. The van der Waals surface area contributed by atoms with Crippen LogP contribution in [0.5, 0.6) is 0 Å². The molecule has 1 aromatic rings. The van der Waals surface area contributed by atoms with E-state index in [9.17, 15) is 0 Å². The van der Waals surface area contributed by atoms with Crippen molar-refractivity contribution in [1.82, 2.24) is 4.90 Å². The lowest BCUT2D eigenvalue weighted by molar-refractivity contribution is 0.229. The number of hydrogen-bond acceptors (Lipinski definition) is 4. The van der Waals surface area contributed by atoms with Crippen molar-refractivity contribution in [1.29, 1.82) is 0 Å². The molecule has 0 radical (unpaired) electrons. The third-order valence-electron chi connectivity index (χ3n) is 3.41. The van der Waals surface area contributed by atoms with E-state index in [1.54, 1.807) is 6.26 Å². The molecular formula is C12H14N2O2. The third-order valence-corrected chi connectivity index (χ3v) is 3.41. The highest BCUT2D eigenvalue weighted by atomic mass is 16.4. The fourth-order valence-corrected chi connectivity index (χ4v) is 2.57. The minimum atomic E-state index is 0.413. The summed E-state index contributed by atoms with van der Waals surface area (Å²) in [6.45, 7) is 2.10. The first-order valence-electron chi connectivity index (χ1n) is 5.61. The maximum absolute atomic E-state index is 9.10. The SMILES string of the molecule is ON=C1/C(=C\c2ccco2)N2CCC1CC2. The Kier molecular flexibility index (Phi) is 2.20. The molecule has 0 aromatic carbocycles. The van der Waals surface area contributed by atoms with Crippen LogP contribution in [-0.2, 0) is 0 Å². The molecule has 1 N–H and O–H groups in total. The molecular weight excluding hydrogens is 204 g/mol. The topological polar surface area (TPSA) is 49.0 Å². The van der Waals surface area contributed by atoms with E-state index < -0.39 is 0 Å². The van der Waals surface area contributed by atoms with Gasteiger partial charge in [0.2, 0.25) is 0 Å². The van der Waals surface area contributed by atoms with Crippen molar-refractivity contribution >= 4 is 11.8 Å². The maximum Gasteiger partial charge on any atom is 0.128 e. The number of piperidine rings is 3. The van der Waals surface area contributed by atoms with Gasteiger partial charge < -0.3 is 14.5 Å². The molecule has 3 fully saturated rings. The summed E-state index contributed by atoms with van der Waals surface area (Å²) >= 11 is 0. The average Bonchev–Trinajstić information content (AvgIpc) is 2.83. The van der Waals surface area contributed by atoms with Gasteiger partial charge in [0.15, 0.2) is 0 Å². The van der Waals surface area contributed by atoms with Crippen molar-refractivity contribution in [2.24, 2.45) is 11.1 Å². The average molecular weight is 218 g/mol. The minimum Gasteiger partial charge on any atom is -0.465 e. The highest BCUT2D eigenvalue weighted by Crippen LogP contribution is 2.33. The van der Waals surface area contributed by atoms with Crippen LogP contribution in [-0.4, -0.2) is 28.9 Å². The Morgan fingerprint density at radius 3 is 2.88 bits per heavy atom. The fraction of sp³-hybridized carbons (Fsp3) is 0.417. The fourth-order valence-electron chi connectivity index (χ4n) is 2.57. The molecule has 3 aliphatic heterocycles. The number of fused-ring (bicyclic) bond motifs is 3. The van der Waals surface area contributed by atoms with Gasteiger partial charge in [-0.2, -0.15) is 0 Å². The zero-order valence-electron chi connectivity index (χ0n) is 8.97. The first-order valence-corrected chi connectivity index (χ1v) is 5.61. The van der Waals surface area contributed by atoms with E-state index in [4.69, 9.17) is 9.62 Å². The lowest BCUT2D eigenvalue weighted by atomic mass is 9.84. The molecule has 3 saturated heterocycles. The zero-order chi connectivity index (χ0) is 11.0. The Labute approximate surface area is 93.8 Å². The van der Waals surface area contributed by atoms with Crippen LogP contribution in [0.4, 0.5) is 0 Å². The summed E-state index contributed by atoms with van der Waals surface area (Å²) in [7, 11) is 0. The number of hydrogen-bond donors (Lipinski definition) is 1. The summed E-state index contributed by atoms with van der Waals surface area (Å²) in [5.41, 5.74) is 1.83. The van der Waals surface area contributed by atoms with Gasteiger partial charge in [-0.25, -0.2) is 0 Å². The van der Waals surface area contributed by atoms with Gasteiger partial charge in [-0.1, -0.05) is 5.16 Å². The molecule has 4 rings (SSSR count). The van der Waals surface area contributed by atoms with Crippen molar-refractivity contribution < 1.29 is 9.62 Å². The van der Waals surface area contributed by atoms with Gasteiger partial charge in [0.1, 0.15) is 11.5 Å². The molecule has 0 atom stereocenters. The van der Waals surface area contributed by atoms with Gasteiger partial charge >= 0.3 is 0 Å². The van der Waals surface area contributed by atoms with E-state index >= 15 is 0 Å². The van der Waals surface area contributed by atoms with Crippen molar-refractivity contribution in [3.8, 4) is 0 Å². The summed E-state index contributed by atoms with van der Waals surface area (Å²) in [6.07, 6.45) is 5.79. The molecule has 0 amide bonds. The number of oxime groups is 1. The van der Waals surface area contributed by atoms with Crippen molar-refractivity contribution in [3.63, 3.8) is 0 Å².